The van der Waals surface area contributed by atoms with Crippen LogP contribution in [0.25, 0.3) is 0 Å². The standard InChI is InChI=1S/C11H13BrO3/c12-5-2-6-13-9-3-1-4-10-11(9)15-8-7-14-10/h1,3-4H,2,5-8H2. The molecule has 2 rings (SSSR count). The van der Waals surface area contributed by atoms with E-state index in [4.69, 9.17) is 14.2 Å². The van der Waals surface area contributed by atoms with Crippen LogP contribution in [0.1, 0.15) is 6.42 Å². The second-order valence-electron chi connectivity index (χ2n) is 3.17. The summed E-state index contributed by atoms with van der Waals surface area (Å²) in [5.41, 5.74) is 0. The number of hydrogen-bond donors (Lipinski definition) is 0. The van der Waals surface area contributed by atoms with E-state index in [1.165, 1.54) is 0 Å². The molecule has 0 saturated heterocycles. The van der Waals surface area contributed by atoms with Crippen molar-refractivity contribution in [2.24, 2.45) is 0 Å². The summed E-state index contributed by atoms with van der Waals surface area (Å²) in [6, 6.07) is 5.71. The molecule has 0 radical (unpaired) electrons. The average molecular weight is 273 g/mol. The van der Waals surface area contributed by atoms with Crippen LogP contribution >= 0.6 is 15.9 Å². The SMILES string of the molecule is BrCCCOc1cccc2c1OCCO2. The third kappa shape index (κ3) is 2.56. The summed E-state index contributed by atoms with van der Waals surface area (Å²) in [4.78, 5) is 0. The molecular weight excluding hydrogens is 260 g/mol. The molecule has 1 aliphatic rings. The fraction of sp³-hybridized carbons (Fsp3) is 0.455. The molecule has 1 aromatic carbocycles. The summed E-state index contributed by atoms with van der Waals surface area (Å²) in [6.07, 6.45) is 0.977. The summed E-state index contributed by atoms with van der Waals surface area (Å²) < 4.78 is 16.6. The van der Waals surface area contributed by atoms with E-state index in [-0.39, 0.29) is 0 Å². The third-order valence-corrected chi connectivity index (χ3v) is 2.63. The first-order valence-electron chi connectivity index (χ1n) is 4.99. The highest BCUT2D eigenvalue weighted by molar-refractivity contribution is 9.09. The first kappa shape index (κ1) is 10.6. The summed E-state index contributed by atoms with van der Waals surface area (Å²) in [7, 11) is 0. The van der Waals surface area contributed by atoms with Gasteiger partial charge in [-0.25, -0.2) is 0 Å². The van der Waals surface area contributed by atoms with Gasteiger partial charge in [0, 0.05) is 5.33 Å². The minimum absolute atomic E-state index is 0.589. The fourth-order valence-electron chi connectivity index (χ4n) is 1.40. The maximum Gasteiger partial charge on any atom is 0.203 e. The first-order valence-corrected chi connectivity index (χ1v) is 6.11. The summed E-state index contributed by atoms with van der Waals surface area (Å²) >= 11 is 3.36. The van der Waals surface area contributed by atoms with Crippen molar-refractivity contribution in [3.63, 3.8) is 0 Å². The lowest BCUT2D eigenvalue weighted by atomic mass is 10.3. The van der Waals surface area contributed by atoms with E-state index >= 15 is 0 Å². The number of benzene rings is 1. The summed E-state index contributed by atoms with van der Waals surface area (Å²) in [5.74, 6) is 2.28. The predicted octanol–water partition coefficient (Wildman–Crippen LogP) is 2.62. The number of halogens is 1. The van der Waals surface area contributed by atoms with Crippen molar-refractivity contribution >= 4 is 15.9 Å². The van der Waals surface area contributed by atoms with E-state index < -0.39 is 0 Å². The maximum atomic E-state index is 5.61. The van der Waals surface area contributed by atoms with Crippen LogP contribution in [0, 0.1) is 0 Å². The highest BCUT2D eigenvalue weighted by Gasteiger charge is 2.16. The molecule has 1 aliphatic heterocycles. The Bertz CT molecular complexity index is 328. The lowest BCUT2D eigenvalue weighted by molar-refractivity contribution is 0.162. The molecule has 0 aliphatic carbocycles. The van der Waals surface area contributed by atoms with Gasteiger partial charge in [0.15, 0.2) is 11.5 Å². The van der Waals surface area contributed by atoms with Crippen molar-refractivity contribution in [2.75, 3.05) is 25.2 Å². The lowest BCUT2D eigenvalue weighted by Crippen LogP contribution is -2.16. The number of alkyl halides is 1. The van der Waals surface area contributed by atoms with Gasteiger partial charge in [0.2, 0.25) is 5.75 Å². The minimum Gasteiger partial charge on any atom is -0.490 e. The molecule has 0 fully saturated rings. The Kier molecular flexibility index (Phi) is 3.72. The van der Waals surface area contributed by atoms with E-state index in [1.54, 1.807) is 0 Å². The van der Waals surface area contributed by atoms with Crippen molar-refractivity contribution in [3.05, 3.63) is 18.2 Å². The van der Waals surface area contributed by atoms with Crippen LogP contribution in [-0.2, 0) is 0 Å². The topological polar surface area (TPSA) is 27.7 Å². The monoisotopic (exact) mass is 272 g/mol. The average Bonchev–Trinajstić information content (AvgIpc) is 2.30. The van der Waals surface area contributed by atoms with Gasteiger partial charge in [0.1, 0.15) is 13.2 Å². The molecule has 0 amide bonds. The van der Waals surface area contributed by atoms with E-state index in [9.17, 15) is 0 Å². The molecule has 82 valence electrons. The molecule has 15 heavy (non-hydrogen) atoms. The molecule has 1 heterocycles. The zero-order chi connectivity index (χ0) is 10.5. The second-order valence-corrected chi connectivity index (χ2v) is 3.96. The normalized spacial score (nSPS) is 13.7. The van der Waals surface area contributed by atoms with Crippen LogP contribution in [0.5, 0.6) is 17.2 Å². The molecule has 1 aromatic rings. The molecule has 0 unspecified atom stereocenters. The molecule has 4 heteroatoms. The number of rotatable bonds is 4. The molecule has 0 aromatic heterocycles. The van der Waals surface area contributed by atoms with Gasteiger partial charge in [-0.15, -0.1) is 0 Å². The predicted molar refractivity (Wildman–Crippen MR) is 61.3 cm³/mol. The Balaban J connectivity index is 2.09. The van der Waals surface area contributed by atoms with Gasteiger partial charge in [0.25, 0.3) is 0 Å². The minimum atomic E-state index is 0.589. The molecule has 0 atom stereocenters. The smallest absolute Gasteiger partial charge is 0.203 e. The van der Waals surface area contributed by atoms with E-state index in [0.29, 0.717) is 19.8 Å². The molecule has 0 saturated carbocycles. The Hall–Kier alpha value is -0.900. The molecule has 0 N–H and O–H groups in total. The van der Waals surface area contributed by atoms with Crippen LogP contribution < -0.4 is 14.2 Å². The highest BCUT2D eigenvalue weighted by Crippen LogP contribution is 2.38. The molecule has 0 spiro atoms. The summed E-state index contributed by atoms with van der Waals surface area (Å²) in [5, 5.41) is 0.944. The van der Waals surface area contributed by atoms with Crippen LogP contribution in [0.2, 0.25) is 0 Å². The Morgan fingerprint density at radius 3 is 3.00 bits per heavy atom. The fourth-order valence-corrected chi connectivity index (χ4v) is 1.63. The van der Waals surface area contributed by atoms with Crippen molar-refractivity contribution in [1.82, 2.24) is 0 Å². The lowest BCUT2D eigenvalue weighted by Gasteiger charge is -2.20. The van der Waals surface area contributed by atoms with Crippen molar-refractivity contribution in [1.29, 1.82) is 0 Å². The maximum absolute atomic E-state index is 5.61. The highest BCUT2D eigenvalue weighted by atomic mass is 79.9. The van der Waals surface area contributed by atoms with E-state index in [1.807, 2.05) is 18.2 Å². The zero-order valence-corrected chi connectivity index (χ0v) is 9.96. The van der Waals surface area contributed by atoms with Gasteiger partial charge >= 0.3 is 0 Å². The number of fused-ring (bicyclic) bond motifs is 1. The first-order chi connectivity index (χ1) is 7.42. The largest absolute Gasteiger partial charge is 0.490 e. The molecule has 0 bridgehead atoms. The Labute approximate surface area is 97.5 Å². The van der Waals surface area contributed by atoms with Crippen LogP contribution in [0.3, 0.4) is 0 Å². The number of ether oxygens (including phenoxy) is 3. The van der Waals surface area contributed by atoms with Gasteiger partial charge in [-0.1, -0.05) is 22.0 Å². The Morgan fingerprint density at radius 1 is 1.27 bits per heavy atom. The van der Waals surface area contributed by atoms with Crippen LogP contribution in [-0.4, -0.2) is 25.2 Å². The Morgan fingerprint density at radius 2 is 2.13 bits per heavy atom. The van der Waals surface area contributed by atoms with Crippen LogP contribution in [0.4, 0.5) is 0 Å². The van der Waals surface area contributed by atoms with Crippen molar-refractivity contribution in [2.45, 2.75) is 6.42 Å². The molecule has 3 nitrogen and oxygen atoms in total. The van der Waals surface area contributed by atoms with Gasteiger partial charge in [-0.05, 0) is 18.6 Å². The zero-order valence-electron chi connectivity index (χ0n) is 8.37. The molecular formula is C11H13BrO3. The number of hydrogen-bond acceptors (Lipinski definition) is 3. The third-order valence-electron chi connectivity index (χ3n) is 2.07. The number of para-hydroxylation sites is 1. The van der Waals surface area contributed by atoms with Crippen LogP contribution in [0.15, 0.2) is 18.2 Å². The van der Waals surface area contributed by atoms with Gasteiger partial charge in [0.05, 0.1) is 6.61 Å². The quantitative estimate of drug-likeness (QED) is 0.623. The van der Waals surface area contributed by atoms with E-state index in [2.05, 4.69) is 15.9 Å². The summed E-state index contributed by atoms with van der Waals surface area (Å²) in [6.45, 7) is 1.88. The van der Waals surface area contributed by atoms with Crippen molar-refractivity contribution < 1.29 is 14.2 Å². The second kappa shape index (κ2) is 5.26. The van der Waals surface area contributed by atoms with Crippen molar-refractivity contribution in [3.8, 4) is 17.2 Å². The van der Waals surface area contributed by atoms with Gasteiger partial charge in [-0.3, -0.25) is 0 Å². The van der Waals surface area contributed by atoms with Gasteiger partial charge in [-0.2, -0.15) is 0 Å². The van der Waals surface area contributed by atoms with E-state index in [0.717, 1.165) is 29.0 Å². The van der Waals surface area contributed by atoms with Gasteiger partial charge < -0.3 is 14.2 Å².